The van der Waals surface area contributed by atoms with Gasteiger partial charge in [-0.3, -0.25) is 0 Å². The third-order valence-corrected chi connectivity index (χ3v) is 5.64. The van der Waals surface area contributed by atoms with Crippen LogP contribution in [0.3, 0.4) is 0 Å². The average Bonchev–Trinajstić information content (AvgIpc) is 2.26. The molecular formula is C13H20BrNO2S. The fraction of sp³-hybridized carbons (Fsp3) is 0.538. The molecule has 1 rings (SSSR count). The molecule has 5 heteroatoms. The lowest BCUT2D eigenvalue weighted by molar-refractivity contribution is 0.454. The quantitative estimate of drug-likeness (QED) is 0.813. The minimum absolute atomic E-state index is 0.0662. The van der Waals surface area contributed by atoms with Crippen molar-refractivity contribution >= 4 is 26.0 Å². The Labute approximate surface area is 118 Å². The molecule has 1 atom stereocenters. The molecule has 1 N–H and O–H groups in total. The molecule has 0 aliphatic rings. The van der Waals surface area contributed by atoms with E-state index >= 15 is 0 Å². The summed E-state index contributed by atoms with van der Waals surface area (Å²) in [6.45, 7) is 5.67. The van der Waals surface area contributed by atoms with Gasteiger partial charge in [-0.05, 0) is 25.8 Å². The van der Waals surface area contributed by atoms with Gasteiger partial charge in [-0.15, -0.1) is 0 Å². The molecule has 0 radical (unpaired) electrons. The van der Waals surface area contributed by atoms with Crippen molar-refractivity contribution in [2.24, 2.45) is 0 Å². The van der Waals surface area contributed by atoms with Crippen LogP contribution in [0.1, 0.15) is 26.3 Å². The number of nitrogens with one attached hydrogen (secondary N) is 1. The molecule has 0 heterocycles. The maximum atomic E-state index is 12.0. The fourth-order valence-corrected chi connectivity index (χ4v) is 3.28. The predicted molar refractivity (Wildman–Crippen MR) is 79.5 cm³/mol. The van der Waals surface area contributed by atoms with E-state index in [-0.39, 0.29) is 10.6 Å². The van der Waals surface area contributed by atoms with Crippen LogP contribution >= 0.6 is 15.9 Å². The topological polar surface area (TPSA) is 46.2 Å². The van der Waals surface area contributed by atoms with Crippen molar-refractivity contribution in [1.82, 2.24) is 4.72 Å². The second-order valence-corrected chi connectivity index (χ2v) is 8.21. The molecule has 0 aliphatic carbocycles. The van der Waals surface area contributed by atoms with Crippen LogP contribution in [0.4, 0.5) is 0 Å². The van der Waals surface area contributed by atoms with Gasteiger partial charge in [0.2, 0.25) is 10.0 Å². The Morgan fingerprint density at radius 3 is 2.33 bits per heavy atom. The first-order chi connectivity index (χ1) is 8.23. The van der Waals surface area contributed by atoms with Crippen molar-refractivity contribution in [2.45, 2.75) is 37.6 Å². The monoisotopic (exact) mass is 333 g/mol. The molecule has 0 fully saturated rings. The molecule has 0 aromatic heterocycles. The highest BCUT2D eigenvalue weighted by Crippen LogP contribution is 2.18. The van der Waals surface area contributed by atoms with E-state index in [1.54, 1.807) is 0 Å². The van der Waals surface area contributed by atoms with Crippen LogP contribution in [0.2, 0.25) is 0 Å². The van der Waals surface area contributed by atoms with E-state index in [4.69, 9.17) is 0 Å². The van der Waals surface area contributed by atoms with Crippen molar-refractivity contribution < 1.29 is 8.42 Å². The van der Waals surface area contributed by atoms with Crippen molar-refractivity contribution in [1.29, 1.82) is 0 Å². The molecule has 0 bridgehead atoms. The minimum Gasteiger partial charge on any atom is -0.212 e. The van der Waals surface area contributed by atoms with Gasteiger partial charge in [0.25, 0.3) is 0 Å². The molecule has 3 nitrogen and oxygen atoms in total. The van der Waals surface area contributed by atoms with Gasteiger partial charge >= 0.3 is 0 Å². The zero-order valence-corrected chi connectivity index (χ0v) is 13.4. The summed E-state index contributed by atoms with van der Waals surface area (Å²) in [6.07, 6.45) is 0.531. The van der Waals surface area contributed by atoms with Crippen molar-refractivity contribution in [3.05, 3.63) is 35.9 Å². The Kier molecular flexibility index (Phi) is 5.37. The van der Waals surface area contributed by atoms with E-state index in [1.807, 2.05) is 51.1 Å². The first-order valence-electron chi connectivity index (χ1n) is 5.92. The van der Waals surface area contributed by atoms with Gasteiger partial charge in [0, 0.05) is 10.4 Å². The smallest absolute Gasteiger partial charge is 0.212 e. The third kappa shape index (κ3) is 5.08. The molecule has 102 valence electrons. The van der Waals surface area contributed by atoms with Gasteiger partial charge in [0.05, 0.1) is 5.75 Å². The van der Waals surface area contributed by atoms with Crippen LogP contribution in [0.25, 0.3) is 0 Å². The first kappa shape index (κ1) is 15.7. The second kappa shape index (κ2) is 6.17. The Balaban J connectivity index is 2.61. The standard InChI is InChI=1S/C13H20BrNO2S/c1-11(14)13(2,3)15-18(16,17)10-9-12-7-5-4-6-8-12/h4-8,11,15H,9-10H2,1-3H3. The van der Waals surface area contributed by atoms with Gasteiger partial charge in [0.1, 0.15) is 0 Å². The molecule has 18 heavy (non-hydrogen) atoms. The number of rotatable bonds is 6. The van der Waals surface area contributed by atoms with Crippen LogP contribution in [0, 0.1) is 0 Å². The molecule has 0 saturated carbocycles. The van der Waals surface area contributed by atoms with Crippen LogP contribution < -0.4 is 4.72 Å². The van der Waals surface area contributed by atoms with Crippen LogP contribution in [0.15, 0.2) is 30.3 Å². The summed E-state index contributed by atoms with van der Waals surface area (Å²) in [7, 11) is -3.26. The normalized spacial score (nSPS) is 14.4. The van der Waals surface area contributed by atoms with E-state index in [2.05, 4.69) is 20.7 Å². The van der Waals surface area contributed by atoms with Gasteiger partial charge in [-0.2, -0.15) is 0 Å². The van der Waals surface area contributed by atoms with E-state index in [0.29, 0.717) is 6.42 Å². The molecule has 0 aliphatic heterocycles. The zero-order chi connectivity index (χ0) is 13.8. The number of hydrogen-bond donors (Lipinski definition) is 1. The molecule has 0 saturated heterocycles. The summed E-state index contributed by atoms with van der Waals surface area (Å²) < 4.78 is 26.7. The van der Waals surface area contributed by atoms with Crippen molar-refractivity contribution in [3.63, 3.8) is 0 Å². The van der Waals surface area contributed by atoms with E-state index < -0.39 is 15.6 Å². The van der Waals surface area contributed by atoms with Crippen molar-refractivity contribution in [2.75, 3.05) is 5.75 Å². The number of alkyl halides is 1. The Bertz CT molecular complexity index is 469. The van der Waals surface area contributed by atoms with E-state index in [1.165, 1.54) is 0 Å². The lowest BCUT2D eigenvalue weighted by atomic mass is 10.0. The summed E-state index contributed by atoms with van der Waals surface area (Å²) in [5.41, 5.74) is 0.544. The van der Waals surface area contributed by atoms with Crippen LogP contribution in [-0.4, -0.2) is 24.5 Å². The third-order valence-electron chi connectivity index (χ3n) is 2.92. The number of sulfonamides is 1. The Morgan fingerprint density at radius 2 is 1.83 bits per heavy atom. The highest BCUT2D eigenvalue weighted by molar-refractivity contribution is 9.09. The van der Waals surface area contributed by atoms with E-state index in [0.717, 1.165) is 5.56 Å². The van der Waals surface area contributed by atoms with Gasteiger partial charge in [0.15, 0.2) is 0 Å². The highest BCUT2D eigenvalue weighted by Gasteiger charge is 2.28. The summed E-state index contributed by atoms with van der Waals surface area (Å²) in [5, 5.41) is 0. The first-order valence-corrected chi connectivity index (χ1v) is 8.49. The summed E-state index contributed by atoms with van der Waals surface area (Å²) in [6, 6.07) is 9.63. The number of benzene rings is 1. The van der Waals surface area contributed by atoms with Crippen LogP contribution in [0.5, 0.6) is 0 Å². The summed E-state index contributed by atoms with van der Waals surface area (Å²) in [5.74, 6) is 0.111. The Hall–Kier alpha value is -0.390. The van der Waals surface area contributed by atoms with E-state index in [9.17, 15) is 8.42 Å². The lowest BCUT2D eigenvalue weighted by Crippen LogP contribution is -2.49. The SMILES string of the molecule is CC(Br)C(C)(C)NS(=O)(=O)CCc1ccccc1. The molecule has 1 unspecified atom stereocenters. The second-order valence-electron chi connectivity index (χ2n) is 4.99. The average molecular weight is 334 g/mol. The number of halogens is 1. The maximum Gasteiger partial charge on any atom is 0.212 e. The molecule has 1 aromatic rings. The minimum atomic E-state index is -3.26. The molecule has 1 aromatic carbocycles. The molecular weight excluding hydrogens is 314 g/mol. The summed E-state index contributed by atoms with van der Waals surface area (Å²) >= 11 is 3.42. The largest absolute Gasteiger partial charge is 0.212 e. The molecule has 0 amide bonds. The highest BCUT2D eigenvalue weighted by atomic mass is 79.9. The van der Waals surface area contributed by atoms with Crippen LogP contribution in [-0.2, 0) is 16.4 Å². The van der Waals surface area contributed by atoms with Crippen molar-refractivity contribution in [3.8, 4) is 0 Å². The zero-order valence-electron chi connectivity index (χ0n) is 11.0. The van der Waals surface area contributed by atoms with Gasteiger partial charge in [-0.1, -0.05) is 53.2 Å². The fourth-order valence-electron chi connectivity index (χ4n) is 1.43. The Morgan fingerprint density at radius 1 is 1.28 bits per heavy atom. The van der Waals surface area contributed by atoms with Gasteiger partial charge in [-0.25, -0.2) is 13.1 Å². The predicted octanol–water partition coefficient (Wildman–Crippen LogP) is 2.71. The summed E-state index contributed by atoms with van der Waals surface area (Å²) in [4.78, 5) is 0.0662. The number of hydrogen-bond acceptors (Lipinski definition) is 2. The number of aryl methyl sites for hydroxylation is 1. The molecule has 0 spiro atoms. The lowest BCUT2D eigenvalue weighted by Gasteiger charge is -2.28. The maximum absolute atomic E-state index is 12.0. The van der Waals surface area contributed by atoms with Gasteiger partial charge < -0.3 is 0 Å².